The van der Waals surface area contributed by atoms with Gasteiger partial charge >= 0.3 is 5.69 Å². The summed E-state index contributed by atoms with van der Waals surface area (Å²) in [6.45, 7) is 0.686. The smallest absolute Gasteiger partial charge is 0.330 e. The molecule has 0 saturated carbocycles. The van der Waals surface area contributed by atoms with Crippen LogP contribution in [0.4, 0.5) is 4.39 Å². The summed E-state index contributed by atoms with van der Waals surface area (Å²) in [5, 5.41) is 0. The van der Waals surface area contributed by atoms with Crippen molar-refractivity contribution in [2.24, 2.45) is 0 Å². The maximum atomic E-state index is 13.1. The highest BCUT2D eigenvalue weighted by atomic mass is 35.5. The summed E-state index contributed by atoms with van der Waals surface area (Å²) in [6.07, 6.45) is 0.439. The molecule has 0 fully saturated rings. The van der Waals surface area contributed by atoms with Gasteiger partial charge in [0.1, 0.15) is 6.23 Å². The maximum absolute atomic E-state index is 13.1. The van der Waals surface area contributed by atoms with Crippen molar-refractivity contribution in [2.45, 2.75) is 12.6 Å². The number of methoxy groups -OCH3 is 1. The number of nitrogens with one attached hydrogen (secondary N) is 1. The second-order valence-electron chi connectivity index (χ2n) is 3.42. The number of ether oxygens (including phenoxy) is 2. The molecule has 1 heterocycles. The van der Waals surface area contributed by atoms with Gasteiger partial charge in [-0.3, -0.25) is 14.3 Å². The zero-order valence-electron chi connectivity index (χ0n) is 9.82. The molecule has 8 heteroatoms. The minimum Gasteiger partial charge on any atom is -0.380 e. The highest BCUT2D eigenvalue weighted by Crippen LogP contribution is 2.09. The van der Waals surface area contributed by atoms with Crippen LogP contribution in [0.25, 0.3) is 0 Å². The Morgan fingerprint density at radius 3 is 2.83 bits per heavy atom. The van der Waals surface area contributed by atoms with Crippen LogP contribution < -0.4 is 11.2 Å². The van der Waals surface area contributed by atoms with E-state index < -0.39 is 23.3 Å². The Morgan fingerprint density at radius 2 is 2.22 bits per heavy atom. The first-order valence-corrected chi connectivity index (χ1v) is 5.81. The van der Waals surface area contributed by atoms with Gasteiger partial charge in [-0.25, -0.2) is 4.79 Å². The first-order chi connectivity index (χ1) is 8.60. The standard InChI is InChI=1S/C10H14ClFN2O4/c1-17-8(2-4-18-5-3-11)14-6-7(12)9(15)13-10(14)16/h6,8H,2-5H2,1H3,(H,13,15,16). The molecule has 0 saturated heterocycles. The molecule has 1 aromatic heterocycles. The van der Waals surface area contributed by atoms with Crippen molar-refractivity contribution in [1.29, 1.82) is 0 Å². The molecule has 0 radical (unpaired) electrons. The van der Waals surface area contributed by atoms with Crippen LogP contribution in [0.2, 0.25) is 0 Å². The van der Waals surface area contributed by atoms with Gasteiger partial charge in [0.05, 0.1) is 19.4 Å². The Labute approximate surface area is 107 Å². The molecule has 0 aliphatic heterocycles. The number of nitrogens with zero attached hydrogens (tertiary/aromatic N) is 1. The molecule has 0 bridgehead atoms. The second kappa shape index (κ2) is 7.30. The van der Waals surface area contributed by atoms with Crippen molar-refractivity contribution in [3.63, 3.8) is 0 Å². The predicted molar refractivity (Wildman–Crippen MR) is 63.5 cm³/mol. The van der Waals surface area contributed by atoms with Crippen LogP contribution in [0, 0.1) is 5.82 Å². The topological polar surface area (TPSA) is 73.3 Å². The van der Waals surface area contributed by atoms with Gasteiger partial charge in [-0.1, -0.05) is 0 Å². The van der Waals surface area contributed by atoms with Crippen LogP contribution in [0.3, 0.4) is 0 Å². The van der Waals surface area contributed by atoms with Crippen molar-refractivity contribution in [1.82, 2.24) is 9.55 Å². The monoisotopic (exact) mass is 280 g/mol. The summed E-state index contributed by atoms with van der Waals surface area (Å²) < 4.78 is 24.3. The van der Waals surface area contributed by atoms with Crippen molar-refractivity contribution < 1.29 is 13.9 Å². The molecule has 1 unspecified atom stereocenters. The first-order valence-electron chi connectivity index (χ1n) is 5.27. The number of H-pyrrole nitrogens is 1. The highest BCUT2D eigenvalue weighted by Gasteiger charge is 2.13. The second-order valence-corrected chi connectivity index (χ2v) is 3.80. The van der Waals surface area contributed by atoms with Crippen LogP contribution >= 0.6 is 11.6 Å². The average Bonchev–Trinajstić information content (AvgIpc) is 2.35. The molecule has 0 aromatic carbocycles. The molecule has 1 atom stereocenters. The SMILES string of the molecule is COC(CCOCCCl)n1cc(F)c(=O)[nH]c1=O. The Balaban J connectivity index is 2.79. The van der Waals surface area contributed by atoms with Crippen molar-refractivity contribution in [3.8, 4) is 0 Å². The Bertz CT molecular complexity index is 488. The fourth-order valence-electron chi connectivity index (χ4n) is 1.39. The molecule has 0 spiro atoms. The van der Waals surface area contributed by atoms with Gasteiger partial charge in [0, 0.05) is 19.4 Å². The van der Waals surface area contributed by atoms with Crippen LogP contribution in [0.15, 0.2) is 15.8 Å². The number of aromatic nitrogens is 2. The fourth-order valence-corrected chi connectivity index (χ4v) is 1.50. The van der Waals surface area contributed by atoms with Crippen molar-refractivity contribution >= 4 is 11.6 Å². The van der Waals surface area contributed by atoms with Gasteiger partial charge in [0.15, 0.2) is 0 Å². The molecule has 0 amide bonds. The van der Waals surface area contributed by atoms with Crippen molar-refractivity contribution in [3.05, 3.63) is 32.9 Å². The lowest BCUT2D eigenvalue weighted by molar-refractivity contribution is 0.00665. The van der Waals surface area contributed by atoms with E-state index in [1.165, 1.54) is 7.11 Å². The number of hydrogen-bond acceptors (Lipinski definition) is 4. The van der Waals surface area contributed by atoms with Crippen LogP contribution in [0.5, 0.6) is 0 Å². The van der Waals surface area contributed by atoms with E-state index in [-0.39, 0.29) is 0 Å². The lowest BCUT2D eigenvalue weighted by atomic mass is 10.4. The number of rotatable bonds is 7. The van der Waals surface area contributed by atoms with Gasteiger partial charge in [-0.2, -0.15) is 4.39 Å². The number of halogens is 2. The third kappa shape index (κ3) is 3.94. The Morgan fingerprint density at radius 1 is 1.50 bits per heavy atom. The number of hydrogen-bond donors (Lipinski definition) is 1. The third-order valence-electron chi connectivity index (χ3n) is 2.24. The average molecular weight is 281 g/mol. The first kappa shape index (κ1) is 14.9. The highest BCUT2D eigenvalue weighted by molar-refractivity contribution is 6.17. The predicted octanol–water partition coefficient (Wildman–Crippen LogP) is 0.466. The maximum Gasteiger partial charge on any atom is 0.330 e. The summed E-state index contributed by atoms with van der Waals surface area (Å²) in [5.74, 6) is -0.677. The molecule has 18 heavy (non-hydrogen) atoms. The molecule has 1 rings (SSSR count). The van der Waals surface area contributed by atoms with E-state index in [0.717, 1.165) is 10.8 Å². The fraction of sp³-hybridized carbons (Fsp3) is 0.600. The van der Waals surface area contributed by atoms with E-state index in [1.807, 2.05) is 4.98 Å². The molecule has 0 aliphatic carbocycles. The van der Waals surface area contributed by atoms with E-state index in [9.17, 15) is 14.0 Å². The van der Waals surface area contributed by atoms with Crippen LogP contribution in [0.1, 0.15) is 12.6 Å². The molecule has 102 valence electrons. The summed E-state index contributed by atoms with van der Waals surface area (Å²) in [7, 11) is 1.38. The largest absolute Gasteiger partial charge is 0.380 e. The molecule has 6 nitrogen and oxygen atoms in total. The molecular weight excluding hydrogens is 267 g/mol. The minimum absolute atomic E-state index is 0.304. The lowest BCUT2D eigenvalue weighted by Crippen LogP contribution is -2.34. The summed E-state index contributed by atoms with van der Waals surface area (Å²) in [6, 6.07) is 0. The summed E-state index contributed by atoms with van der Waals surface area (Å²) in [4.78, 5) is 24.2. The van der Waals surface area contributed by atoms with E-state index in [2.05, 4.69) is 0 Å². The summed E-state index contributed by atoms with van der Waals surface area (Å²) in [5.41, 5.74) is -1.78. The minimum atomic E-state index is -1.05. The Kier molecular flexibility index (Phi) is 6.03. The van der Waals surface area contributed by atoms with E-state index in [1.54, 1.807) is 0 Å². The van der Waals surface area contributed by atoms with Gasteiger partial charge < -0.3 is 9.47 Å². The number of aromatic amines is 1. The molecule has 1 aromatic rings. The quantitative estimate of drug-likeness (QED) is 0.582. The van der Waals surface area contributed by atoms with Crippen molar-refractivity contribution in [2.75, 3.05) is 26.2 Å². The molecule has 1 N–H and O–H groups in total. The summed E-state index contributed by atoms with van der Waals surface area (Å²) >= 11 is 5.43. The van der Waals surface area contributed by atoms with Gasteiger partial charge in [-0.15, -0.1) is 11.6 Å². The van der Waals surface area contributed by atoms with Gasteiger partial charge in [-0.05, 0) is 0 Å². The van der Waals surface area contributed by atoms with Crippen LogP contribution in [-0.4, -0.2) is 35.8 Å². The van der Waals surface area contributed by atoms with Gasteiger partial charge in [0.25, 0.3) is 5.56 Å². The van der Waals surface area contributed by atoms with Gasteiger partial charge in [0.2, 0.25) is 5.82 Å². The Hall–Kier alpha value is -1.18. The zero-order chi connectivity index (χ0) is 13.5. The van der Waals surface area contributed by atoms with E-state index >= 15 is 0 Å². The lowest BCUT2D eigenvalue weighted by Gasteiger charge is -2.17. The van der Waals surface area contributed by atoms with Crippen LogP contribution in [-0.2, 0) is 9.47 Å². The van der Waals surface area contributed by atoms with E-state index in [4.69, 9.17) is 21.1 Å². The third-order valence-corrected chi connectivity index (χ3v) is 2.39. The molecular formula is C10H14ClFN2O4. The normalized spacial score (nSPS) is 12.6. The van der Waals surface area contributed by atoms with E-state index in [0.29, 0.717) is 25.5 Å². The number of alkyl halides is 1. The zero-order valence-corrected chi connectivity index (χ0v) is 10.6. The molecule has 0 aliphatic rings.